The van der Waals surface area contributed by atoms with Crippen LogP contribution in [0.5, 0.6) is 0 Å². The third-order valence-corrected chi connectivity index (χ3v) is 3.03. The Hall–Kier alpha value is -2.80. The summed E-state index contributed by atoms with van der Waals surface area (Å²) in [5.74, 6) is -0.325. The van der Waals surface area contributed by atoms with Gasteiger partial charge in [0.2, 0.25) is 6.54 Å². The lowest BCUT2D eigenvalue weighted by Gasteiger charge is -1.99. The molecular weight excluding hydrogens is 308 g/mol. The average molecular weight is 320 g/mol. The van der Waals surface area contributed by atoms with Crippen LogP contribution in [0, 0.1) is 10.1 Å². The van der Waals surface area contributed by atoms with Crippen molar-refractivity contribution < 1.29 is 14.3 Å². The SMILES string of the molecule is O=C(C[n+]1ccccc1)N/N=C\c1cc([N+](=O)[O-])ccc1Cl. The number of hydrogen-bond acceptors (Lipinski definition) is 4. The standard InChI is InChI=1S/C14H11ClN4O3/c15-13-5-4-12(19(21)22)8-11(13)9-16-17-14(20)10-18-6-2-1-3-7-18/h1-9H,10H2/p+1/b16-9-. The number of rotatable bonds is 5. The minimum absolute atomic E-state index is 0.1000. The summed E-state index contributed by atoms with van der Waals surface area (Å²) in [6.07, 6.45) is 4.77. The van der Waals surface area contributed by atoms with Crippen molar-refractivity contribution in [2.75, 3.05) is 0 Å². The molecule has 7 nitrogen and oxygen atoms in total. The highest BCUT2D eigenvalue weighted by Gasteiger charge is 2.09. The van der Waals surface area contributed by atoms with Gasteiger partial charge in [-0.1, -0.05) is 17.7 Å². The van der Waals surface area contributed by atoms with Crippen molar-refractivity contribution in [3.8, 4) is 0 Å². The van der Waals surface area contributed by atoms with Gasteiger partial charge in [-0.05, 0) is 6.07 Å². The first kappa shape index (κ1) is 15.6. The first-order valence-electron chi connectivity index (χ1n) is 6.26. The van der Waals surface area contributed by atoms with Crippen LogP contribution < -0.4 is 9.99 Å². The number of hydrazone groups is 1. The summed E-state index contributed by atoms with van der Waals surface area (Å²) in [4.78, 5) is 21.8. The second-order valence-electron chi connectivity index (χ2n) is 4.30. The second kappa shape index (κ2) is 7.28. The van der Waals surface area contributed by atoms with Crippen molar-refractivity contribution in [2.45, 2.75) is 6.54 Å². The van der Waals surface area contributed by atoms with Gasteiger partial charge in [-0.15, -0.1) is 0 Å². The molecule has 0 bridgehead atoms. The number of nitro groups is 1. The Kier molecular flexibility index (Phi) is 5.16. The lowest BCUT2D eigenvalue weighted by atomic mass is 10.2. The van der Waals surface area contributed by atoms with Gasteiger partial charge in [0.1, 0.15) is 0 Å². The third kappa shape index (κ3) is 4.35. The molecule has 1 N–H and O–H groups in total. The van der Waals surface area contributed by atoms with E-state index >= 15 is 0 Å². The number of benzene rings is 1. The van der Waals surface area contributed by atoms with E-state index in [0.717, 1.165) is 0 Å². The van der Waals surface area contributed by atoms with E-state index in [0.29, 0.717) is 10.6 Å². The van der Waals surface area contributed by atoms with Crippen LogP contribution in [0.3, 0.4) is 0 Å². The Bertz CT molecular complexity index is 719. The summed E-state index contributed by atoms with van der Waals surface area (Å²) in [5, 5.41) is 14.8. The van der Waals surface area contributed by atoms with Crippen LogP contribution in [0.2, 0.25) is 5.02 Å². The van der Waals surface area contributed by atoms with E-state index in [9.17, 15) is 14.9 Å². The van der Waals surface area contributed by atoms with E-state index in [1.54, 1.807) is 29.1 Å². The number of pyridine rings is 1. The molecule has 0 saturated carbocycles. The fraction of sp³-hybridized carbons (Fsp3) is 0.0714. The van der Waals surface area contributed by atoms with Crippen molar-refractivity contribution in [1.82, 2.24) is 5.43 Å². The lowest BCUT2D eigenvalue weighted by molar-refractivity contribution is -0.684. The maximum absolute atomic E-state index is 11.7. The van der Waals surface area contributed by atoms with Crippen LogP contribution in [0.4, 0.5) is 5.69 Å². The van der Waals surface area contributed by atoms with E-state index in [-0.39, 0.29) is 18.1 Å². The van der Waals surface area contributed by atoms with E-state index in [1.165, 1.54) is 24.4 Å². The smallest absolute Gasteiger partial charge is 0.266 e. The van der Waals surface area contributed by atoms with E-state index in [2.05, 4.69) is 10.5 Å². The summed E-state index contributed by atoms with van der Waals surface area (Å²) in [6.45, 7) is 0.112. The van der Waals surface area contributed by atoms with Gasteiger partial charge in [0.25, 0.3) is 5.69 Å². The van der Waals surface area contributed by atoms with Crippen molar-refractivity contribution in [3.63, 3.8) is 0 Å². The highest BCUT2D eigenvalue weighted by atomic mass is 35.5. The molecule has 0 saturated heterocycles. The van der Waals surface area contributed by atoms with E-state index in [1.807, 2.05) is 6.07 Å². The van der Waals surface area contributed by atoms with Crippen molar-refractivity contribution in [3.05, 3.63) is 69.5 Å². The molecule has 1 aromatic heterocycles. The number of nitrogens with one attached hydrogen (secondary N) is 1. The second-order valence-corrected chi connectivity index (χ2v) is 4.71. The Labute approximate surface area is 131 Å². The lowest BCUT2D eigenvalue weighted by Crippen LogP contribution is -2.40. The number of aromatic nitrogens is 1. The third-order valence-electron chi connectivity index (χ3n) is 2.69. The zero-order valence-corrected chi connectivity index (χ0v) is 12.1. The molecule has 0 fully saturated rings. The molecule has 0 atom stereocenters. The molecule has 0 unspecified atom stereocenters. The Balaban J connectivity index is 1.99. The molecule has 112 valence electrons. The summed E-state index contributed by atoms with van der Waals surface area (Å²) in [5.41, 5.74) is 2.59. The number of carbonyl (C=O) groups is 1. The first-order chi connectivity index (χ1) is 10.6. The molecule has 8 heteroatoms. The number of carbonyl (C=O) groups excluding carboxylic acids is 1. The summed E-state index contributed by atoms with van der Waals surface area (Å²) in [6, 6.07) is 9.44. The fourth-order valence-electron chi connectivity index (χ4n) is 1.66. The Morgan fingerprint density at radius 2 is 2.09 bits per heavy atom. The van der Waals surface area contributed by atoms with Crippen LogP contribution in [0.15, 0.2) is 53.9 Å². The minimum atomic E-state index is -0.529. The fourth-order valence-corrected chi connectivity index (χ4v) is 1.82. The topological polar surface area (TPSA) is 88.5 Å². The largest absolute Gasteiger partial charge is 0.305 e. The zero-order chi connectivity index (χ0) is 15.9. The molecule has 0 aliphatic rings. The van der Waals surface area contributed by atoms with Crippen LogP contribution in [0.25, 0.3) is 0 Å². The molecule has 1 amide bonds. The molecule has 1 heterocycles. The van der Waals surface area contributed by atoms with E-state index < -0.39 is 4.92 Å². The van der Waals surface area contributed by atoms with Gasteiger partial charge in [0, 0.05) is 34.9 Å². The predicted octanol–water partition coefficient (Wildman–Crippen LogP) is 1.69. The summed E-state index contributed by atoms with van der Waals surface area (Å²) in [7, 11) is 0. The molecule has 0 aliphatic heterocycles. The quantitative estimate of drug-likeness (QED) is 0.393. The number of nitro benzene ring substituents is 1. The van der Waals surface area contributed by atoms with Gasteiger partial charge in [-0.3, -0.25) is 14.9 Å². The monoisotopic (exact) mass is 319 g/mol. The number of non-ortho nitro benzene ring substituents is 1. The van der Waals surface area contributed by atoms with Crippen molar-refractivity contribution in [1.29, 1.82) is 0 Å². The van der Waals surface area contributed by atoms with Gasteiger partial charge in [0.15, 0.2) is 12.4 Å². The predicted molar refractivity (Wildman–Crippen MR) is 80.5 cm³/mol. The molecule has 2 aromatic rings. The molecule has 0 spiro atoms. The Morgan fingerprint density at radius 1 is 1.36 bits per heavy atom. The highest BCUT2D eigenvalue weighted by Crippen LogP contribution is 2.20. The van der Waals surface area contributed by atoms with E-state index in [4.69, 9.17) is 11.6 Å². The number of halogens is 1. The van der Waals surface area contributed by atoms with Crippen LogP contribution in [-0.2, 0) is 11.3 Å². The highest BCUT2D eigenvalue weighted by molar-refractivity contribution is 6.33. The van der Waals surface area contributed by atoms with Crippen LogP contribution in [-0.4, -0.2) is 17.0 Å². The minimum Gasteiger partial charge on any atom is -0.266 e. The van der Waals surface area contributed by atoms with Gasteiger partial charge in [-0.2, -0.15) is 9.67 Å². The van der Waals surface area contributed by atoms with Crippen molar-refractivity contribution in [2.24, 2.45) is 5.10 Å². The zero-order valence-electron chi connectivity index (χ0n) is 11.3. The van der Waals surface area contributed by atoms with Gasteiger partial charge in [0.05, 0.1) is 11.1 Å². The molecule has 1 aromatic carbocycles. The molecule has 22 heavy (non-hydrogen) atoms. The normalized spacial score (nSPS) is 10.6. The Morgan fingerprint density at radius 3 is 2.77 bits per heavy atom. The van der Waals surface area contributed by atoms with Crippen LogP contribution >= 0.6 is 11.6 Å². The first-order valence-corrected chi connectivity index (χ1v) is 6.64. The maximum Gasteiger partial charge on any atom is 0.305 e. The molecular formula is C14H12ClN4O3+. The summed E-state index contributed by atoms with van der Waals surface area (Å²) >= 11 is 5.92. The van der Waals surface area contributed by atoms with Gasteiger partial charge < -0.3 is 0 Å². The van der Waals surface area contributed by atoms with Crippen molar-refractivity contribution >= 4 is 29.4 Å². The maximum atomic E-state index is 11.7. The molecule has 2 rings (SSSR count). The summed E-state index contributed by atoms with van der Waals surface area (Å²) < 4.78 is 1.69. The van der Waals surface area contributed by atoms with Gasteiger partial charge in [-0.25, -0.2) is 5.43 Å². The number of hydrogen-bond donors (Lipinski definition) is 1. The van der Waals surface area contributed by atoms with Gasteiger partial charge >= 0.3 is 5.91 Å². The number of nitrogens with zero attached hydrogens (tertiary/aromatic N) is 3. The molecule has 0 aliphatic carbocycles. The molecule has 0 radical (unpaired) electrons. The van der Waals surface area contributed by atoms with Crippen LogP contribution in [0.1, 0.15) is 5.56 Å². The number of amides is 1. The average Bonchev–Trinajstić information content (AvgIpc) is 2.50.